The second-order valence-corrected chi connectivity index (χ2v) is 8.28. The minimum atomic E-state index is 0.0545. The molecule has 1 saturated heterocycles. The van der Waals surface area contributed by atoms with Crippen LogP contribution in [0.1, 0.15) is 33.4 Å². The monoisotopic (exact) mass is 438 g/mol. The topological polar surface area (TPSA) is 62.5 Å². The Bertz CT molecular complexity index is 1160. The minimum absolute atomic E-state index is 0.0545. The highest BCUT2D eigenvalue weighted by atomic mass is 16.5. The summed E-state index contributed by atoms with van der Waals surface area (Å²) in [4.78, 5) is 21.8. The first-order valence-corrected chi connectivity index (χ1v) is 11.2. The van der Waals surface area contributed by atoms with Crippen molar-refractivity contribution in [3.05, 3.63) is 107 Å². The maximum absolute atomic E-state index is 13.1. The Morgan fingerprint density at radius 3 is 1.91 bits per heavy atom. The predicted octanol–water partition coefficient (Wildman–Crippen LogP) is 4.59. The van der Waals surface area contributed by atoms with Gasteiger partial charge in [-0.1, -0.05) is 65.8 Å². The molecule has 166 valence electrons. The van der Waals surface area contributed by atoms with Crippen molar-refractivity contribution in [3.8, 4) is 11.5 Å². The first-order chi connectivity index (χ1) is 16.2. The van der Waals surface area contributed by atoms with Crippen molar-refractivity contribution >= 4 is 5.91 Å². The Balaban J connectivity index is 1.28. The Morgan fingerprint density at radius 2 is 1.39 bits per heavy atom. The van der Waals surface area contributed by atoms with Gasteiger partial charge in [-0.2, -0.15) is 4.98 Å². The van der Waals surface area contributed by atoms with Crippen molar-refractivity contribution in [2.45, 2.75) is 13.0 Å². The van der Waals surface area contributed by atoms with Crippen LogP contribution in [0.3, 0.4) is 0 Å². The molecule has 0 bridgehead atoms. The second-order valence-electron chi connectivity index (χ2n) is 8.28. The van der Waals surface area contributed by atoms with E-state index < -0.39 is 0 Å². The molecule has 1 aromatic heterocycles. The highest BCUT2D eigenvalue weighted by Crippen LogP contribution is 2.29. The summed E-state index contributed by atoms with van der Waals surface area (Å²) in [6, 6.07) is 28.7. The molecule has 3 aromatic carbocycles. The molecule has 1 fully saturated rings. The smallest absolute Gasteiger partial charge is 0.257 e. The van der Waals surface area contributed by atoms with Crippen LogP contribution in [-0.2, 0) is 0 Å². The molecule has 6 heteroatoms. The zero-order valence-corrected chi connectivity index (χ0v) is 18.6. The molecule has 0 spiro atoms. The SMILES string of the molecule is Cc1noc(-c2ccc(C(=O)N3CCN(C(c4ccccc4)c4ccccc4)CC3)cc2)n1. The van der Waals surface area contributed by atoms with Gasteiger partial charge < -0.3 is 9.42 Å². The average Bonchev–Trinajstić information content (AvgIpc) is 3.32. The molecule has 0 atom stereocenters. The lowest BCUT2D eigenvalue weighted by Gasteiger charge is -2.39. The van der Waals surface area contributed by atoms with Crippen molar-refractivity contribution in [1.82, 2.24) is 19.9 Å². The van der Waals surface area contributed by atoms with Crippen LogP contribution in [-0.4, -0.2) is 52.0 Å². The second kappa shape index (κ2) is 9.38. The van der Waals surface area contributed by atoms with Crippen molar-refractivity contribution in [1.29, 1.82) is 0 Å². The van der Waals surface area contributed by atoms with Gasteiger partial charge in [-0.25, -0.2) is 0 Å². The Hall–Kier alpha value is -3.77. The minimum Gasteiger partial charge on any atom is -0.336 e. The third-order valence-corrected chi connectivity index (χ3v) is 6.10. The summed E-state index contributed by atoms with van der Waals surface area (Å²) in [5.74, 6) is 1.11. The first kappa shape index (κ1) is 21.1. The lowest BCUT2D eigenvalue weighted by molar-refractivity contribution is 0.0597. The van der Waals surface area contributed by atoms with Crippen LogP contribution in [0.4, 0.5) is 0 Å². The van der Waals surface area contributed by atoms with Gasteiger partial charge in [0.15, 0.2) is 5.82 Å². The van der Waals surface area contributed by atoms with Crippen LogP contribution < -0.4 is 0 Å². The summed E-state index contributed by atoms with van der Waals surface area (Å²) in [5.41, 5.74) is 4.03. The molecule has 0 N–H and O–H groups in total. The van der Waals surface area contributed by atoms with Crippen molar-refractivity contribution in [3.63, 3.8) is 0 Å². The lowest BCUT2D eigenvalue weighted by atomic mass is 9.96. The number of rotatable bonds is 5. The third kappa shape index (κ3) is 4.56. The van der Waals surface area contributed by atoms with Gasteiger partial charge in [0.25, 0.3) is 11.8 Å². The molecule has 5 rings (SSSR count). The number of nitrogens with zero attached hydrogens (tertiary/aromatic N) is 4. The highest BCUT2D eigenvalue weighted by Gasteiger charge is 2.28. The number of hydrogen-bond donors (Lipinski definition) is 0. The summed E-state index contributed by atoms with van der Waals surface area (Å²) in [7, 11) is 0. The Kier molecular flexibility index (Phi) is 6.00. The van der Waals surface area contributed by atoms with E-state index >= 15 is 0 Å². The molecule has 4 aromatic rings. The van der Waals surface area contributed by atoms with E-state index in [9.17, 15) is 4.79 Å². The number of hydrogen-bond acceptors (Lipinski definition) is 5. The number of carbonyl (C=O) groups is 1. The van der Waals surface area contributed by atoms with Gasteiger partial charge in [-0.05, 0) is 42.3 Å². The fourth-order valence-electron chi connectivity index (χ4n) is 4.42. The molecule has 2 heterocycles. The standard InChI is InChI=1S/C27H26N4O2/c1-20-28-26(33-29-20)23-12-14-24(15-13-23)27(32)31-18-16-30(17-19-31)25(21-8-4-2-5-9-21)22-10-6-3-7-11-22/h2-15,25H,16-19H2,1H3. The molecule has 0 radical (unpaired) electrons. The summed E-state index contributed by atoms with van der Waals surface area (Å²) in [5, 5.41) is 3.82. The van der Waals surface area contributed by atoms with Gasteiger partial charge in [-0.3, -0.25) is 9.69 Å². The summed E-state index contributed by atoms with van der Waals surface area (Å²) < 4.78 is 5.21. The molecule has 0 unspecified atom stereocenters. The van der Waals surface area contributed by atoms with Gasteiger partial charge in [0, 0.05) is 37.3 Å². The van der Waals surface area contributed by atoms with Crippen molar-refractivity contribution < 1.29 is 9.32 Å². The summed E-state index contributed by atoms with van der Waals surface area (Å²) >= 11 is 0. The Labute approximate surface area is 193 Å². The predicted molar refractivity (Wildman–Crippen MR) is 127 cm³/mol. The van der Waals surface area contributed by atoms with Gasteiger partial charge in [-0.15, -0.1) is 0 Å². The molecule has 1 aliphatic heterocycles. The molecular weight excluding hydrogens is 412 g/mol. The van der Waals surface area contributed by atoms with E-state index in [2.05, 4.69) is 63.6 Å². The van der Waals surface area contributed by atoms with Crippen LogP contribution in [0.15, 0.2) is 89.5 Å². The normalized spacial score (nSPS) is 14.5. The van der Waals surface area contributed by atoms with Crippen molar-refractivity contribution in [2.75, 3.05) is 26.2 Å². The maximum atomic E-state index is 13.1. The average molecular weight is 439 g/mol. The maximum Gasteiger partial charge on any atom is 0.257 e. The molecular formula is C27H26N4O2. The van der Waals surface area contributed by atoms with Crippen LogP contribution in [0.25, 0.3) is 11.5 Å². The van der Waals surface area contributed by atoms with Crippen LogP contribution >= 0.6 is 0 Å². The number of piperazine rings is 1. The fraction of sp³-hybridized carbons (Fsp3) is 0.222. The van der Waals surface area contributed by atoms with E-state index in [1.54, 1.807) is 6.92 Å². The number of aryl methyl sites for hydroxylation is 1. The van der Waals surface area contributed by atoms with E-state index in [1.807, 2.05) is 41.3 Å². The third-order valence-electron chi connectivity index (χ3n) is 6.10. The zero-order valence-electron chi connectivity index (χ0n) is 18.6. The van der Waals surface area contributed by atoms with E-state index in [0.29, 0.717) is 30.4 Å². The molecule has 33 heavy (non-hydrogen) atoms. The summed E-state index contributed by atoms with van der Waals surface area (Å²) in [6.07, 6.45) is 0. The van der Waals surface area contributed by atoms with E-state index in [1.165, 1.54) is 11.1 Å². The fourth-order valence-corrected chi connectivity index (χ4v) is 4.42. The molecule has 0 aliphatic carbocycles. The van der Waals surface area contributed by atoms with Crippen LogP contribution in [0.2, 0.25) is 0 Å². The first-order valence-electron chi connectivity index (χ1n) is 11.2. The Morgan fingerprint density at radius 1 is 0.818 bits per heavy atom. The molecule has 1 aliphatic rings. The van der Waals surface area contributed by atoms with Gasteiger partial charge in [0.1, 0.15) is 0 Å². The largest absolute Gasteiger partial charge is 0.336 e. The number of carbonyl (C=O) groups excluding carboxylic acids is 1. The van der Waals surface area contributed by atoms with Crippen molar-refractivity contribution in [2.24, 2.45) is 0 Å². The quantitative estimate of drug-likeness (QED) is 0.456. The molecule has 0 saturated carbocycles. The summed E-state index contributed by atoms with van der Waals surface area (Å²) in [6.45, 7) is 4.81. The number of benzene rings is 3. The van der Waals surface area contributed by atoms with E-state index in [-0.39, 0.29) is 11.9 Å². The van der Waals surface area contributed by atoms with Gasteiger partial charge in [0.05, 0.1) is 6.04 Å². The van der Waals surface area contributed by atoms with Crippen LogP contribution in [0.5, 0.6) is 0 Å². The van der Waals surface area contributed by atoms with Crippen LogP contribution in [0, 0.1) is 6.92 Å². The lowest BCUT2D eigenvalue weighted by Crippen LogP contribution is -2.49. The zero-order chi connectivity index (χ0) is 22.6. The van der Waals surface area contributed by atoms with E-state index in [0.717, 1.165) is 18.7 Å². The number of aromatic nitrogens is 2. The molecule has 1 amide bonds. The van der Waals surface area contributed by atoms with Gasteiger partial charge in [0.2, 0.25) is 0 Å². The van der Waals surface area contributed by atoms with Gasteiger partial charge >= 0.3 is 0 Å². The number of amides is 1. The molecule has 6 nitrogen and oxygen atoms in total. The van der Waals surface area contributed by atoms with E-state index in [4.69, 9.17) is 4.52 Å². The highest BCUT2D eigenvalue weighted by molar-refractivity contribution is 5.94.